The van der Waals surface area contributed by atoms with Crippen LogP contribution in [0.1, 0.15) is 11.1 Å². The molecule has 3 nitrogen and oxygen atoms in total. The van der Waals surface area contributed by atoms with Crippen LogP contribution in [0.4, 0.5) is 5.82 Å². The second-order valence-corrected chi connectivity index (χ2v) is 7.51. The molecule has 0 aliphatic rings. The van der Waals surface area contributed by atoms with Crippen LogP contribution in [0.15, 0.2) is 84.0 Å². The van der Waals surface area contributed by atoms with Crippen LogP contribution < -0.4 is 5.32 Å². The zero-order valence-electron chi connectivity index (χ0n) is 14.6. The van der Waals surface area contributed by atoms with E-state index in [9.17, 15) is 0 Å². The summed E-state index contributed by atoms with van der Waals surface area (Å²) in [5.74, 6) is 1.63. The van der Waals surface area contributed by atoms with Crippen molar-refractivity contribution in [1.29, 1.82) is 0 Å². The molecule has 1 heterocycles. The Bertz CT molecular complexity index is 1050. The lowest BCUT2D eigenvalue weighted by atomic mass is 10.2. The molecule has 134 valence electrons. The highest BCUT2D eigenvalue weighted by Gasteiger charge is 2.08. The van der Waals surface area contributed by atoms with E-state index in [0.29, 0.717) is 0 Å². The Hall–Kier alpha value is -2.56. The summed E-state index contributed by atoms with van der Waals surface area (Å²) in [5.41, 5.74) is 3.31. The number of benzene rings is 3. The molecular weight excluding hydrogens is 374 g/mol. The van der Waals surface area contributed by atoms with Gasteiger partial charge in [-0.2, -0.15) is 0 Å². The van der Waals surface area contributed by atoms with Crippen LogP contribution in [0.2, 0.25) is 5.02 Å². The highest BCUT2D eigenvalue weighted by molar-refractivity contribution is 7.98. The number of nitrogens with zero attached hydrogens (tertiary/aromatic N) is 2. The fourth-order valence-corrected chi connectivity index (χ4v) is 3.82. The minimum absolute atomic E-state index is 0.722. The van der Waals surface area contributed by atoms with E-state index in [-0.39, 0.29) is 0 Å². The van der Waals surface area contributed by atoms with Crippen molar-refractivity contribution in [2.75, 3.05) is 5.32 Å². The Kier molecular flexibility index (Phi) is 5.56. The quantitative estimate of drug-likeness (QED) is 0.314. The molecule has 1 N–H and O–H groups in total. The van der Waals surface area contributed by atoms with Gasteiger partial charge in [0.05, 0.1) is 5.52 Å². The number of thioether (sulfide) groups is 1. The zero-order valence-corrected chi connectivity index (χ0v) is 16.2. The van der Waals surface area contributed by atoms with Crippen LogP contribution in [-0.2, 0) is 12.3 Å². The molecule has 0 saturated heterocycles. The van der Waals surface area contributed by atoms with Gasteiger partial charge in [0, 0.05) is 22.7 Å². The van der Waals surface area contributed by atoms with E-state index in [2.05, 4.69) is 23.5 Å². The SMILES string of the molecule is Clc1cccc(CSc2nc(NCc3ccccc3)c3ccccc3n2)c1. The molecule has 3 aromatic carbocycles. The van der Waals surface area contributed by atoms with Crippen molar-refractivity contribution in [1.82, 2.24) is 9.97 Å². The average molecular weight is 392 g/mol. The lowest BCUT2D eigenvalue weighted by molar-refractivity contribution is 0.984. The maximum Gasteiger partial charge on any atom is 0.190 e. The summed E-state index contributed by atoms with van der Waals surface area (Å²) in [5, 5.41) is 6.00. The van der Waals surface area contributed by atoms with Gasteiger partial charge in [-0.3, -0.25) is 0 Å². The number of rotatable bonds is 6. The molecule has 0 atom stereocenters. The minimum Gasteiger partial charge on any atom is -0.365 e. The molecule has 0 bridgehead atoms. The number of hydrogen-bond acceptors (Lipinski definition) is 4. The molecule has 0 aliphatic carbocycles. The predicted molar refractivity (Wildman–Crippen MR) is 114 cm³/mol. The Labute approximate surface area is 167 Å². The standard InChI is InChI=1S/C22H18ClN3S/c23-18-10-6-9-17(13-18)15-27-22-25-20-12-5-4-11-19(20)21(26-22)24-14-16-7-2-1-3-8-16/h1-13H,14-15H2,(H,24,25,26). The predicted octanol–water partition coefficient (Wildman–Crippen LogP) is 6.19. The smallest absolute Gasteiger partial charge is 0.190 e. The molecular formula is C22H18ClN3S. The molecule has 0 amide bonds. The molecule has 0 aliphatic heterocycles. The average Bonchev–Trinajstić information content (AvgIpc) is 2.71. The van der Waals surface area contributed by atoms with Gasteiger partial charge in [0.25, 0.3) is 0 Å². The van der Waals surface area contributed by atoms with Crippen LogP contribution in [0.25, 0.3) is 10.9 Å². The summed E-state index contributed by atoms with van der Waals surface area (Å²) in [6.07, 6.45) is 0. The summed E-state index contributed by atoms with van der Waals surface area (Å²) in [6, 6.07) is 26.3. The topological polar surface area (TPSA) is 37.8 Å². The molecule has 0 radical (unpaired) electrons. The Morgan fingerprint density at radius 3 is 2.44 bits per heavy atom. The lowest BCUT2D eigenvalue weighted by Crippen LogP contribution is -2.04. The van der Waals surface area contributed by atoms with E-state index in [1.165, 1.54) is 5.56 Å². The van der Waals surface area contributed by atoms with Crippen LogP contribution in [0.5, 0.6) is 0 Å². The third kappa shape index (κ3) is 4.59. The number of fused-ring (bicyclic) bond motifs is 1. The number of para-hydroxylation sites is 1. The molecule has 1 aromatic heterocycles. The number of anilines is 1. The van der Waals surface area contributed by atoms with E-state index in [4.69, 9.17) is 21.6 Å². The van der Waals surface area contributed by atoms with Crippen molar-refractivity contribution >= 4 is 40.1 Å². The molecule has 27 heavy (non-hydrogen) atoms. The first-order chi connectivity index (χ1) is 13.3. The first-order valence-electron chi connectivity index (χ1n) is 8.70. The number of nitrogens with one attached hydrogen (secondary N) is 1. The number of aromatic nitrogens is 2. The van der Waals surface area contributed by atoms with Gasteiger partial charge in [0.15, 0.2) is 5.16 Å². The van der Waals surface area contributed by atoms with Crippen molar-refractivity contribution in [3.63, 3.8) is 0 Å². The first kappa shape index (κ1) is 17.8. The van der Waals surface area contributed by atoms with Crippen LogP contribution in [0.3, 0.4) is 0 Å². The summed E-state index contributed by atoms with van der Waals surface area (Å²) in [6.45, 7) is 0.722. The second kappa shape index (κ2) is 8.42. The third-order valence-electron chi connectivity index (χ3n) is 4.14. The molecule has 4 aromatic rings. The normalized spacial score (nSPS) is 10.9. The summed E-state index contributed by atoms with van der Waals surface area (Å²) in [7, 11) is 0. The minimum atomic E-state index is 0.722. The van der Waals surface area contributed by atoms with Gasteiger partial charge in [-0.15, -0.1) is 0 Å². The molecule has 0 unspecified atom stereocenters. The molecule has 0 fully saturated rings. The highest BCUT2D eigenvalue weighted by atomic mass is 35.5. The van der Waals surface area contributed by atoms with Crippen molar-refractivity contribution in [2.45, 2.75) is 17.5 Å². The summed E-state index contributed by atoms with van der Waals surface area (Å²) >= 11 is 7.69. The van der Waals surface area contributed by atoms with Crippen molar-refractivity contribution in [3.05, 3.63) is 95.0 Å². The molecule has 4 rings (SSSR count). The largest absolute Gasteiger partial charge is 0.365 e. The van der Waals surface area contributed by atoms with Gasteiger partial charge in [0.2, 0.25) is 0 Å². The number of hydrogen-bond donors (Lipinski definition) is 1. The van der Waals surface area contributed by atoms with Crippen molar-refractivity contribution in [3.8, 4) is 0 Å². The highest BCUT2D eigenvalue weighted by Crippen LogP contribution is 2.27. The second-order valence-electron chi connectivity index (χ2n) is 6.13. The zero-order chi connectivity index (χ0) is 18.5. The summed E-state index contributed by atoms with van der Waals surface area (Å²) < 4.78 is 0. The lowest BCUT2D eigenvalue weighted by Gasteiger charge is -2.11. The van der Waals surface area contributed by atoms with Crippen molar-refractivity contribution in [2.24, 2.45) is 0 Å². The van der Waals surface area contributed by atoms with E-state index in [0.717, 1.165) is 44.8 Å². The molecule has 5 heteroatoms. The Morgan fingerprint density at radius 1 is 0.815 bits per heavy atom. The van der Waals surface area contributed by atoms with Gasteiger partial charge in [-0.1, -0.05) is 78.0 Å². The fraction of sp³-hybridized carbons (Fsp3) is 0.0909. The van der Waals surface area contributed by atoms with E-state index in [1.807, 2.05) is 60.7 Å². The Morgan fingerprint density at radius 2 is 1.59 bits per heavy atom. The van der Waals surface area contributed by atoms with Crippen LogP contribution in [-0.4, -0.2) is 9.97 Å². The van der Waals surface area contributed by atoms with E-state index >= 15 is 0 Å². The van der Waals surface area contributed by atoms with Gasteiger partial charge < -0.3 is 5.32 Å². The Balaban J connectivity index is 1.58. The van der Waals surface area contributed by atoms with Crippen molar-refractivity contribution < 1.29 is 0 Å². The van der Waals surface area contributed by atoms with Crippen LogP contribution in [0, 0.1) is 0 Å². The van der Waals surface area contributed by atoms with E-state index in [1.54, 1.807) is 11.8 Å². The molecule has 0 spiro atoms. The maximum absolute atomic E-state index is 6.08. The van der Waals surface area contributed by atoms with Gasteiger partial charge >= 0.3 is 0 Å². The van der Waals surface area contributed by atoms with E-state index < -0.39 is 0 Å². The number of halogens is 1. The van der Waals surface area contributed by atoms with Gasteiger partial charge in [0.1, 0.15) is 5.82 Å². The first-order valence-corrected chi connectivity index (χ1v) is 10.1. The summed E-state index contributed by atoms with van der Waals surface area (Å²) in [4.78, 5) is 9.47. The van der Waals surface area contributed by atoms with Gasteiger partial charge in [-0.25, -0.2) is 9.97 Å². The fourth-order valence-electron chi connectivity index (χ4n) is 2.81. The van der Waals surface area contributed by atoms with Gasteiger partial charge in [-0.05, 0) is 35.4 Å². The molecule has 0 saturated carbocycles. The monoisotopic (exact) mass is 391 g/mol. The van der Waals surface area contributed by atoms with Crippen LogP contribution >= 0.6 is 23.4 Å². The maximum atomic E-state index is 6.08. The third-order valence-corrected chi connectivity index (χ3v) is 5.30.